The topological polar surface area (TPSA) is 84.4 Å². The lowest BCUT2D eigenvalue weighted by molar-refractivity contribution is -0.0498. The first-order valence-corrected chi connectivity index (χ1v) is 11.3. The average Bonchev–Trinajstić information content (AvgIpc) is 2.83. The normalized spacial score (nSPS) is 13.0. The summed E-state index contributed by atoms with van der Waals surface area (Å²) < 4.78 is 34.7. The zero-order chi connectivity index (χ0) is 23.9. The van der Waals surface area contributed by atoms with Crippen molar-refractivity contribution in [1.82, 2.24) is 15.0 Å². The third kappa shape index (κ3) is 6.00. The molecule has 0 unspecified atom stereocenters. The van der Waals surface area contributed by atoms with Crippen molar-refractivity contribution in [3.8, 4) is 5.75 Å². The molecule has 34 heavy (non-hydrogen) atoms. The largest absolute Gasteiger partial charge is 0.435 e. The van der Waals surface area contributed by atoms with Gasteiger partial charge in [0.15, 0.2) is 0 Å². The van der Waals surface area contributed by atoms with E-state index >= 15 is 0 Å². The SMILES string of the molecule is CCOCCNc1nc2c(c(Nc3ccc(OC(F)F)cc3)n1)CCN(c1ncccc1Cl)C2. The number of fused-ring (bicyclic) bond motifs is 1. The van der Waals surface area contributed by atoms with E-state index < -0.39 is 6.61 Å². The number of halogens is 3. The number of nitrogens with one attached hydrogen (secondary N) is 2. The van der Waals surface area contributed by atoms with Crippen molar-refractivity contribution in [2.75, 3.05) is 41.8 Å². The molecule has 1 aliphatic rings. The summed E-state index contributed by atoms with van der Waals surface area (Å²) in [5, 5.41) is 7.08. The van der Waals surface area contributed by atoms with Crippen molar-refractivity contribution < 1.29 is 18.3 Å². The molecule has 0 saturated heterocycles. The van der Waals surface area contributed by atoms with Gasteiger partial charge >= 0.3 is 6.61 Å². The van der Waals surface area contributed by atoms with Crippen LogP contribution in [0.15, 0.2) is 42.6 Å². The Bertz CT molecular complexity index is 1100. The molecule has 0 fully saturated rings. The third-order valence-electron chi connectivity index (χ3n) is 5.18. The molecule has 3 aromatic rings. The first-order valence-electron chi connectivity index (χ1n) is 10.9. The molecule has 11 heteroatoms. The van der Waals surface area contributed by atoms with Gasteiger partial charge in [0.1, 0.15) is 17.4 Å². The monoisotopic (exact) mass is 490 g/mol. The summed E-state index contributed by atoms with van der Waals surface area (Å²) in [5.41, 5.74) is 2.52. The number of alkyl halides is 2. The van der Waals surface area contributed by atoms with Crippen LogP contribution in [0.5, 0.6) is 5.75 Å². The van der Waals surface area contributed by atoms with Crippen molar-refractivity contribution in [2.24, 2.45) is 0 Å². The molecule has 2 N–H and O–H groups in total. The maximum Gasteiger partial charge on any atom is 0.387 e. The van der Waals surface area contributed by atoms with Crippen LogP contribution in [0.1, 0.15) is 18.2 Å². The smallest absolute Gasteiger partial charge is 0.387 e. The molecule has 0 saturated carbocycles. The first-order chi connectivity index (χ1) is 16.5. The number of hydrogen-bond donors (Lipinski definition) is 2. The summed E-state index contributed by atoms with van der Waals surface area (Å²) in [6, 6.07) is 9.90. The maximum atomic E-state index is 12.4. The molecular weight excluding hydrogens is 466 g/mol. The number of benzene rings is 1. The minimum Gasteiger partial charge on any atom is -0.435 e. The lowest BCUT2D eigenvalue weighted by Gasteiger charge is -2.30. The van der Waals surface area contributed by atoms with E-state index in [0.29, 0.717) is 67.6 Å². The van der Waals surface area contributed by atoms with Gasteiger partial charge in [-0.25, -0.2) is 9.97 Å². The van der Waals surface area contributed by atoms with Crippen LogP contribution in [0.4, 0.5) is 32.1 Å². The van der Waals surface area contributed by atoms with Crippen molar-refractivity contribution in [3.63, 3.8) is 0 Å². The quantitative estimate of drug-likeness (QED) is 0.389. The van der Waals surface area contributed by atoms with Crippen LogP contribution in [0.25, 0.3) is 0 Å². The molecule has 0 atom stereocenters. The van der Waals surface area contributed by atoms with Gasteiger partial charge < -0.3 is 25.0 Å². The second-order valence-corrected chi connectivity index (χ2v) is 7.86. The van der Waals surface area contributed by atoms with Gasteiger partial charge in [-0.2, -0.15) is 13.8 Å². The van der Waals surface area contributed by atoms with E-state index in [9.17, 15) is 8.78 Å². The second-order valence-electron chi connectivity index (χ2n) is 7.45. The molecule has 0 bridgehead atoms. The number of pyridine rings is 1. The summed E-state index contributed by atoms with van der Waals surface area (Å²) in [5.74, 6) is 1.92. The predicted molar refractivity (Wildman–Crippen MR) is 127 cm³/mol. The molecule has 2 aromatic heterocycles. The number of ether oxygens (including phenoxy) is 2. The molecular formula is C23H25ClF2N6O2. The van der Waals surface area contributed by atoms with Crippen LogP contribution in [0, 0.1) is 0 Å². The van der Waals surface area contributed by atoms with Gasteiger partial charge in [-0.3, -0.25) is 0 Å². The van der Waals surface area contributed by atoms with Gasteiger partial charge in [0, 0.05) is 37.1 Å². The standard InChI is InChI=1S/C23H25ClF2N6O2/c1-2-33-13-11-28-23-30-19-14-32(21-18(24)4-3-10-27-21)12-9-17(19)20(31-23)29-15-5-7-16(8-6-15)34-22(25)26/h3-8,10,22H,2,9,11-14H2,1H3,(H2,28,29,30,31). The molecule has 0 aliphatic carbocycles. The second kappa shape index (κ2) is 11.3. The molecule has 1 aromatic carbocycles. The Morgan fingerprint density at radius 3 is 2.74 bits per heavy atom. The minimum absolute atomic E-state index is 0.0893. The maximum absolute atomic E-state index is 12.4. The van der Waals surface area contributed by atoms with E-state index in [1.807, 2.05) is 13.0 Å². The number of aromatic nitrogens is 3. The molecule has 3 heterocycles. The highest BCUT2D eigenvalue weighted by atomic mass is 35.5. The fourth-order valence-corrected chi connectivity index (χ4v) is 3.88. The van der Waals surface area contributed by atoms with Crippen LogP contribution in [0.2, 0.25) is 5.02 Å². The summed E-state index contributed by atoms with van der Waals surface area (Å²) >= 11 is 6.36. The summed E-state index contributed by atoms with van der Waals surface area (Å²) in [7, 11) is 0. The Labute approximate surface area is 201 Å². The van der Waals surface area contributed by atoms with E-state index in [0.717, 1.165) is 11.3 Å². The van der Waals surface area contributed by atoms with E-state index in [1.165, 1.54) is 12.1 Å². The summed E-state index contributed by atoms with van der Waals surface area (Å²) in [6.45, 7) is 2.00. The van der Waals surface area contributed by atoms with E-state index in [-0.39, 0.29) is 5.75 Å². The van der Waals surface area contributed by atoms with Crippen LogP contribution in [0.3, 0.4) is 0 Å². The number of anilines is 4. The van der Waals surface area contributed by atoms with Crippen LogP contribution in [-0.4, -0.2) is 47.9 Å². The zero-order valence-electron chi connectivity index (χ0n) is 18.6. The summed E-state index contributed by atoms with van der Waals surface area (Å²) in [6.07, 6.45) is 2.39. The van der Waals surface area contributed by atoms with Gasteiger partial charge in [0.05, 0.1) is 23.9 Å². The zero-order valence-corrected chi connectivity index (χ0v) is 19.4. The van der Waals surface area contributed by atoms with Gasteiger partial charge in [-0.05, 0) is 49.7 Å². The molecule has 0 spiro atoms. The van der Waals surface area contributed by atoms with Crippen LogP contribution in [-0.2, 0) is 17.7 Å². The first kappa shape index (κ1) is 23.9. The van der Waals surface area contributed by atoms with Gasteiger partial charge in [-0.15, -0.1) is 0 Å². The Hall–Kier alpha value is -3.24. The Morgan fingerprint density at radius 1 is 1.18 bits per heavy atom. The number of rotatable bonds is 10. The van der Waals surface area contributed by atoms with Crippen molar-refractivity contribution in [2.45, 2.75) is 26.5 Å². The lowest BCUT2D eigenvalue weighted by atomic mass is 10.1. The van der Waals surface area contributed by atoms with Gasteiger partial charge in [0.2, 0.25) is 5.95 Å². The minimum atomic E-state index is -2.87. The molecule has 0 amide bonds. The van der Waals surface area contributed by atoms with Gasteiger partial charge in [-0.1, -0.05) is 11.6 Å². The fourth-order valence-electron chi connectivity index (χ4n) is 3.64. The Kier molecular flexibility index (Phi) is 7.91. The third-order valence-corrected chi connectivity index (χ3v) is 5.47. The Morgan fingerprint density at radius 2 is 2.00 bits per heavy atom. The molecule has 8 nitrogen and oxygen atoms in total. The summed E-state index contributed by atoms with van der Waals surface area (Å²) in [4.78, 5) is 15.9. The van der Waals surface area contributed by atoms with Crippen molar-refractivity contribution in [1.29, 1.82) is 0 Å². The van der Waals surface area contributed by atoms with Crippen LogP contribution >= 0.6 is 11.6 Å². The van der Waals surface area contributed by atoms with Crippen LogP contribution < -0.4 is 20.3 Å². The highest BCUT2D eigenvalue weighted by Crippen LogP contribution is 2.32. The van der Waals surface area contributed by atoms with E-state index in [2.05, 4.69) is 30.2 Å². The molecule has 0 radical (unpaired) electrons. The number of nitrogens with zero attached hydrogens (tertiary/aromatic N) is 4. The average molecular weight is 491 g/mol. The highest BCUT2D eigenvalue weighted by molar-refractivity contribution is 6.32. The Balaban J connectivity index is 1.59. The lowest BCUT2D eigenvalue weighted by Crippen LogP contribution is -2.33. The van der Waals surface area contributed by atoms with Crippen molar-refractivity contribution >= 4 is 34.9 Å². The predicted octanol–water partition coefficient (Wildman–Crippen LogP) is 4.88. The molecule has 1 aliphatic heterocycles. The van der Waals surface area contributed by atoms with Gasteiger partial charge in [0.25, 0.3) is 0 Å². The highest BCUT2D eigenvalue weighted by Gasteiger charge is 2.24. The van der Waals surface area contributed by atoms with E-state index in [1.54, 1.807) is 24.4 Å². The fraction of sp³-hybridized carbons (Fsp3) is 0.348. The van der Waals surface area contributed by atoms with E-state index in [4.69, 9.17) is 21.3 Å². The van der Waals surface area contributed by atoms with Crippen molar-refractivity contribution in [3.05, 3.63) is 58.9 Å². The number of hydrogen-bond acceptors (Lipinski definition) is 8. The molecule has 4 rings (SSSR count). The molecule has 180 valence electrons.